The summed E-state index contributed by atoms with van der Waals surface area (Å²) in [6, 6.07) is 7.52. The SMILES string of the molecule is NC(=O)C1(Nc2ccc(Cl)c(Br)c2)CCCc2sccc21. The first-order chi connectivity index (χ1) is 10.0. The summed E-state index contributed by atoms with van der Waals surface area (Å²) in [5.74, 6) is -0.340. The minimum atomic E-state index is -0.832. The summed E-state index contributed by atoms with van der Waals surface area (Å²) in [4.78, 5) is 13.5. The van der Waals surface area contributed by atoms with E-state index in [4.69, 9.17) is 17.3 Å². The molecule has 0 bridgehead atoms. The lowest BCUT2D eigenvalue weighted by molar-refractivity contribution is -0.123. The van der Waals surface area contributed by atoms with Gasteiger partial charge in [0.05, 0.1) is 5.02 Å². The molecule has 3 rings (SSSR count). The van der Waals surface area contributed by atoms with Gasteiger partial charge >= 0.3 is 0 Å². The number of aryl methyl sites for hydroxylation is 1. The highest BCUT2D eigenvalue weighted by atomic mass is 79.9. The first kappa shape index (κ1) is 14.9. The predicted octanol–water partition coefficient (Wildman–Crippen LogP) is 4.29. The van der Waals surface area contributed by atoms with Crippen molar-refractivity contribution in [2.45, 2.75) is 24.8 Å². The van der Waals surface area contributed by atoms with E-state index in [0.29, 0.717) is 11.4 Å². The minimum Gasteiger partial charge on any atom is -0.368 e. The van der Waals surface area contributed by atoms with Crippen LogP contribution < -0.4 is 11.1 Å². The molecule has 0 aliphatic heterocycles. The van der Waals surface area contributed by atoms with Gasteiger partial charge in [-0.2, -0.15) is 0 Å². The molecule has 3 nitrogen and oxygen atoms in total. The zero-order chi connectivity index (χ0) is 15.0. The number of hydrogen-bond donors (Lipinski definition) is 2. The molecule has 1 aromatic carbocycles. The summed E-state index contributed by atoms with van der Waals surface area (Å²) in [5, 5.41) is 6.00. The standard InChI is InChI=1S/C15H14BrClN2OS/c16-11-8-9(3-4-12(11)17)19-15(14(18)20)6-1-2-13-10(15)5-7-21-13/h3-5,7-8,19H,1-2,6H2,(H2,18,20). The molecule has 2 aromatic rings. The van der Waals surface area contributed by atoms with Crippen LogP contribution in [0.25, 0.3) is 0 Å². The van der Waals surface area contributed by atoms with Crippen LogP contribution in [0.2, 0.25) is 5.02 Å². The molecule has 1 aliphatic carbocycles. The Balaban J connectivity index is 2.04. The second kappa shape index (κ2) is 5.63. The van der Waals surface area contributed by atoms with Gasteiger partial charge in [-0.1, -0.05) is 11.6 Å². The van der Waals surface area contributed by atoms with Gasteiger partial charge in [-0.25, -0.2) is 0 Å². The number of rotatable bonds is 3. The number of primary amides is 1. The summed E-state index contributed by atoms with van der Waals surface area (Å²) >= 11 is 11.1. The number of anilines is 1. The summed E-state index contributed by atoms with van der Waals surface area (Å²) in [5.41, 5.74) is 6.76. The van der Waals surface area contributed by atoms with Crippen LogP contribution >= 0.6 is 38.9 Å². The molecular weight excluding hydrogens is 372 g/mol. The number of thiophene rings is 1. The molecule has 0 fully saturated rings. The van der Waals surface area contributed by atoms with E-state index in [9.17, 15) is 4.79 Å². The largest absolute Gasteiger partial charge is 0.368 e. The third-order valence-electron chi connectivity index (χ3n) is 3.86. The molecule has 1 aromatic heterocycles. The number of carbonyl (C=O) groups is 1. The molecule has 1 unspecified atom stereocenters. The van der Waals surface area contributed by atoms with E-state index in [1.807, 2.05) is 23.6 Å². The van der Waals surface area contributed by atoms with Crippen molar-refractivity contribution < 1.29 is 4.79 Å². The molecule has 0 radical (unpaired) electrons. The predicted molar refractivity (Wildman–Crippen MR) is 90.9 cm³/mol. The summed E-state index contributed by atoms with van der Waals surface area (Å²) in [6.07, 6.45) is 2.65. The maximum Gasteiger partial charge on any atom is 0.247 e. The van der Waals surface area contributed by atoms with Gasteiger partial charge in [0, 0.05) is 20.6 Å². The van der Waals surface area contributed by atoms with E-state index in [0.717, 1.165) is 28.6 Å². The van der Waals surface area contributed by atoms with Crippen molar-refractivity contribution in [2.24, 2.45) is 5.73 Å². The topological polar surface area (TPSA) is 55.1 Å². The van der Waals surface area contributed by atoms with E-state index >= 15 is 0 Å². The lowest BCUT2D eigenvalue weighted by atomic mass is 9.79. The van der Waals surface area contributed by atoms with Crippen molar-refractivity contribution in [3.63, 3.8) is 0 Å². The molecule has 1 aliphatic rings. The number of amides is 1. The normalized spacial score (nSPS) is 20.9. The number of fused-ring (bicyclic) bond motifs is 1. The van der Waals surface area contributed by atoms with Crippen LogP contribution in [0, 0.1) is 0 Å². The minimum absolute atomic E-state index is 0.340. The fourth-order valence-electron chi connectivity index (χ4n) is 2.83. The third kappa shape index (κ3) is 2.58. The van der Waals surface area contributed by atoms with Crippen LogP contribution in [0.15, 0.2) is 34.1 Å². The highest BCUT2D eigenvalue weighted by Gasteiger charge is 2.42. The van der Waals surface area contributed by atoms with Crippen LogP contribution in [-0.2, 0) is 16.8 Å². The van der Waals surface area contributed by atoms with Gasteiger partial charge in [-0.3, -0.25) is 4.79 Å². The van der Waals surface area contributed by atoms with Crippen molar-refractivity contribution >= 4 is 50.5 Å². The molecule has 3 N–H and O–H groups in total. The maximum absolute atomic E-state index is 12.2. The van der Waals surface area contributed by atoms with Crippen LogP contribution in [0.3, 0.4) is 0 Å². The molecule has 0 saturated carbocycles. The van der Waals surface area contributed by atoms with Gasteiger partial charge in [-0.15, -0.1) is 11.3 Å². The smallest absolute Gasteiger partial charge is 0.247 e. The van der Waals surface area contributed by atoms with Gasteiger partial charge in [0.25, 0.3) is 0 Å². The second-order valence-electron chi connectivity index (χ2n) is 5.13. The van der Waals surface area contributed by atoms with Crippen LogP contribution in [0.5, 0.6) is 0 Å². The Labute approximate surface area is 140 Å². The molecule has 0 saturated heterocycles. The molecule has 1 atom stereocenters. The molecule has 0 spiro atoms. The molecule has 1 heterocycles. The zero-order valence-corrected chi connectivity index (χ0v) is 14.3. The molecular formula is C15H14BrClN2OS. The Bertz CT molecular complexity index is 703. The molecule has 110 valence electrons. The van der Waals surface area contributed by atoms with Gasteiger partial charge in [0.1, 0.15) is 5.54 Å². The highest BCUT2D eigenvalue weighted by molar-refractivity contribution is 9.10. The zero-order valence-electron chi connectivity index (χ0n) is 11.2. The lowest BCUT2D eigenvalue weighted by Gasteiger charge is -2.36. The fraction of sp³-hybridized carbons (Fsp3) is 0.267. The maximum atomic E-state index is 12.2. The summed E-state index contributed by atoms with van der Waals surface area (Å²) in [6.45, 7) is 0. The first-order valence-electron chi connectivity index (χ1n) is 6.63. The van der Waals surface area contributed by atoms with Crippen LogP contribution in [0.1, 0.15) is 23.3 Å². The Hall–Kier alpha value is -1.04. The molecule has 6 heteroatoms. The average molecular weight is 386 g/mol. The first-order valence-corrected chi connectivity index (χ1v) is 8.68. The van der Waals surface area contributed by atoms with Crippen LogP contribution in [-0.4, -0.2) is 5.91 Å². The quantitative estimate of drug-likeness (QED) is 0.828. The average Bonchev–Trinajstić information content (AvgIpc) is 2.92. The van der Waals surface area contributed by atoms with Crippen molar-refractivity contribution in [2.75, 3.05) is 5.32 Å². The number of halogens is 2. The number of carbonyl (C=O) groups excluding carboxylic acids is 1. The highest BCUT2D eigenvalue weighted by Crippen LogP contribution is 2.41. The van der Waals surface area contributed by atoms with E-state index in [1.54, 1.807) is 17.4 Å². The van der Waals surface area contributed by atoms with Gasteiger partial charge < -0.3 is 11.1 Å². The molecule has 21 heavy (non-hydrogen) atoms. The number of hydrogen-bond acceptors (Lipinski definition) is 3. The van der Waals surface area contributed by atoms with Gasteiger partial charge in [0.15, 0.2) is 0 Å². The third-order valence-corrected chi connectivity index (χ3v) is 6.05. The van der Waals surface area contributed by atoms with E-state index in [-0.39, 0.29) is 5.91 Å². The number of nitrogens with one attached hydrogen (secondary N) is 1. The van der Waals surface area contributed by atoms with Crippen molar-refractivity contribution in [1.82, 2.24) is 0 Å². The second-order valence-corrected chi connectivity index (χ2v) is 7.40. The van der Waals surface area contributed by atoms with Crippen LogP contribution in [0.4, 0.5) is 5.69 Å². The fourth-order valence-corrected chi connectivity index (χ4v) is 4.33. The van der Waals surface area contributed by atoms with E-state index in [2.05, 4.69) is 21.2 Å². The van der Waals surface area contributed by atoms with Crippen molar-refractivity contribution in [3.8, 4) is 0 Å². The molecule has 1 amide bonds. The summed E-state index contributed by atoms with van der Waals surface area (Å²) < 4.78 is 0.787. The van der Waals surface area contributed by atoms with Gasteiger partial charge in [-0.05, 0) is 64.8 Å². The number of benzene rings is 1. The lowest BCUT2D eigenvalue weighted by Crippen LogP contribution is -2.49. The number of nitrogens with two attached hydrogens (primary N) is 1. The van der Waals surface area contributed by atoms with E-state index < -0.39 is 5.54 Å². The van der Waals surface area contributed by atoms with Gasteiger partial charge in [0.2, 0.25) is 5.91 Å². The van der Waals surface area contributed by atoms with Crippen molar-refractivity contribution in [1.29, 1.82) is 0 Å². The monoisotopic (exact) mass is 384 g/mol. The Morgan fingerprint density at radius 2 is 2.24 bits per heavy atom. The Kier molecular flexibility index (Phi) is 3.99. The summed E-state index contributed by atoms with van der Waals surface area (Å²) in [7, 11) is 0. The van der Waals surface area contributed by atoms with E-state index in [1.165, 1.54) is 4.88 Å². The Morgan fingerprint density at radius 3 is 2.95 bits per heavy atom. The Morgan fingerprint density at radius 1 is 1.43 bits per heavy atom. The van der Waals surface area contributed by atoms with Crippen molar-refractivity contribution in [3.05, 3.63) is 49.6 Å².